The van der Waals surface area contributed by atoms with E-state index in [0.29, 0.717) is 12.5 Å². The zero-order chi connectivity index (χ0) is 15.1. The van der Waals surface area contributed by atoms with Gasteiger partial charge in [-0.2, -0.15) is 4.98 Å². The van der Waals surface area contributed by atoms with Gasteiger partial charge in [-0.1, -0.05) is 20.8 Å². The quantitative estimate of drug-likeness (QED) is 0.491. The van der Waals surface area contributed by atoms with Crippen molar-refractivity contribution < 1.29 is 10.0 Å². The predicted octanol–water partition coefficient (Wildman–Crippen LogP) is 1.64. The first kappa shape index (κ1) is 16.1. The number of nitrogens with zero attached hydrogens (tertiary/aromatic N) is 3. The van der Waals surface area contributed by atoms with E-state index < -0.39 is 11.0 Å². The van der Waals surface area contributed by atoms with Gasteiger partial charge in [0.2, 0.25) is 11.8 Å². The molecule has 0 aliphatic heterocycles. The molecule has 0 fully saturated rings. The van der Waals surface area contributed by atoms with Gasteiger partial charge >= 0.3 is 5.69 Å². The van der Waals surface area contributed by atoms with E-state index >= 15 is 0 Å². The summed E-state index contributed by atoms with van der Waals surface area (Å²) < 4.78 is 0. The molecule has 1 aromatic rings. The second-order valence-corrected chi connectivity index (χ2v) is 4.80. The summed E-state index contributed by atoms with van der Waals surface area (Å²) in [5.74, 6) is 0.503. The van der Waals surface area contributed by atoms with E-state index in [-0.39, 0.29) is 24.0 Å². The molecule has 0 aliphatic rings. The molecule has 0 radical (unpaired) electrons. The molecule has 1 rings (SSSR count). The van der Waals surface area contributed by atoms with Crippen LogP contribution in [0.15, 0.2) is 6.20 Å². The fourth-order valence-electron chi connectivity index (χ4n) is 1.40. The molecule has 8 heteroatoms. The van der Waals surface area contributed by atoms with Gasteiger partial charge in [0.1, 0.15) is 6.20 Å². The molecule has 0 amide bonds. The normalized spacial score (nSPS) is 12.2. The number of nitrogens with one attached hydrogen (secondary N) is 2. The van der Waals surface area contributed by atoms with Gasteiger partial charge in [0.15, 0.2) is 0 Å². The number of rotatable bonds is 8. The molecule has 1 heterocycles. The van der Waals surface area contributed by atoms with Gasteiger partial charge in [0, 0.05) is 13.1 Å². The van der Waals surface area contributed by atoms with Gasteiger partial charge in [0.25, 0.3) is 0 Å². The lowest BCUT2D eigenvalue weighted by Gasteiger charge is -2.15. The molecule has 3 N–H and O–H groups in total. The van der Waals surface area contributed by atoms with Crippen molar-refractivity contribution in [3.8, 4) is 0 Å². The lowest BCUT2D eigenvalue weighted by Crippen LogP contribution is -2.25. The van der Waals surface area contributed by atoms with Crippen molar-refractivity contribution >= 4 is 17.5 Å². The smallest absolute Gasteiger partial charge is 0.329 e. The van der Waals surface area contributed by atoms with Crippen molar-refractivity contribution in [2.24, 2.45) is 5.92 Å². The third kappa shape index (κ3) is 4.61. The zero-order valence-corrected chi connectivity index (χ0v) is 12.0. The van der Waals surface area contributed by atoms with Crippen LogP contribution in [0.2, 0.25) is 0 Å². The lowest BCUT2D eigenvalue weighted by molar-refractivity contribution is -0.384. The van der Waals surface area contributed by atoms with Crippen LogP contribution in [0, 0.1) is 16.0 Å². The molecule has 1 aromatic heterocycles. The first-order chi connectivity index (χ1) is 9.45. The van der Waals surface area contributed by atoms with Crippen LogP contribution in [-0.2, 0) is 0 Å². The maximum absolute atomic E-state index is 10.9. The minimum absolute atomic E-state index is 0.0566. The van der Waals surface area contributed by atoms with Gasteiger partial charge in [-0.25, -0.2) is 4.98 Å². The van der Waals surface area contributed by atoms with Crippen molar-refractivity contribution in [1.82, 2.24) is 9.97 Å². The van der Waals surface area contributed by atoms with Crippen molar-refractivity contribution in [1.29, 1.82) is 0 Å². The van der Waals surface area contributed by atoms with Gasteiger partial charge in [-0.05, 0) is 12.3 Å². The van der Waals surface area contributed by atoms with Crippen LogP contribution >= 0.6 is 0 Å². The van der Waals surface area contributed by atoms with Crippen molar-refractivity contribution in [2.45, 2.75) is 33.3 Å². The average molecular weight is 283 g/mol. The highest BCUT2D eigenvalue weighted by Gasteiger charge is 2.18. The highest BCUT2D eigenvalue weighted by Crippen LogP contribution is 2.22. The first-order valence-corrected chi connectivity index (χ1v) is 6.63. The van der Waals surface area contributed by atoms with E-state index in [9.17, 15) is 15.2 Å². The van der Waals surface area contributed by atoms with Gasteiger partial charge in [-0.3, -0.25) is 10.1 Å². The Morgan fingerprint density at radius 1 is 1.45 bits per heavy atom. The van der Waals surface area contributed by atoms with Crippen molar-refractivity contribution in [2.75, 3.05) is 23.7 Å². The number of nitro groups is 1. The minimum Gasteiger partial charge on any atom is -0.391 e. The second-order valence-electron chi connectivity index (χ2n) is 4.80. The van der Waals surface area contributed by atoms with Gasteiger partial charge in [-0.15, -0.1) is 0 Å². The summed E-state index contributed by atoms with van der Waals surface area (Å²) in [5, 5.41) is 26.4. The van der Waals surface area contributed by atoms with Crippen LogP contribution in [0.5, 0.6) is 0 Å². The Hall–Kier alpha value is -1.96. The Bertz CT molecular complexity index is 453. The fraction of sp³-hybridized carbons (Fsp3) is 0.667. The summed E-state index contributed by atoms with van der Waals surface area (Å²) in [4.78, 5) is 18.4. The summed E-state index contributed by atoms with van der Waals surface area (Å²) in [6.45, 7) is 6.62. The number of aliphatic hydroxyl groups is 1. The van der Waals surface area contributed by atoms with Gasteiger partial charge < -0.3 is 15.7 Å². The molecule has 20 heavy (non-hydrogen) atoms. The maximum Gasteiger partial charge on any atom is 0.329 e. The first-order valence-electron chi connectivity index (χ1n) is 6.63. The maximum atomic E-state index is 10.9. The van der Waals surface area contributed by atoms with Crippen LogP contribution in [0.4, 0.5) is 17.5 Å². The van der Waals surface area contributed by atoms with Crippen LogP contribution < -0.4 is 10.6 Å². The summed E-state index contributed by atoms with van der Waals surface area (Å²) >= 11 is 0. The SMILES string of the molecule is CCCNc1ncc([N+](=O)[O-])c(NCC(O)C(C)C)n1. The fourth-order valence-corrected chi connectivity index (χ4v) is 1.40. The molecule has 0 aromatic carbocycles. The molecule has 0 spiro atoms. The van der Waals surface area contributed by atoms with E-state index in [4.69, 9.17) is 0 Å². The van der Waals surface area contributed by atoms with Crippen molar-refractivity contribution in [3.63, 3.8) is 0 Å². The lowest BCUT2D eigenvalue weighted by atomic mass is 10.1. The highest BCUT2D eigenvalue weighted by atomic mass is 16.6. The highest BCUT2D eigenvalue weighted by molar-refractivity contribution is 5.56. The molecule has 8 nitrogen and oxygen atoms in total. The third-order valence-corrected chi connectivity index (χ3v) is 2.75. The van der Waals surface area contributed by atoms with E-state index in [2.05, 4.69) is 20.6 Å². The van der Waals surface area contributed by atoms with Crippen LogP contribution in [-0.4, -0.2) is 39.2 Å². The molecule has 1 unspecified atom stereocenters. The number of anilines is 2. The van der Waals surface area contributed by atoms with Crippen LogP contribution in [0.3, 0.4) is 0 Å². The standard InChI is InChI=1S/C12H21N5O3/c1-4-5-13-12-15-6-9(17(19)20)11(16-12)14-7-10(18)8(2)3/h6,8,10,18H,4-5,7H2,1-3H3,(H2,13,14,15,16). The van der Waals surface area contributed by atoms with Crippen LogP contribution in [0.25, 0.3) is 0 Å². The summed E-state index contributed by atoms with van der Waals surface area (Å²) in [7, 11) is 0. The molecule has 0 aliphatic carbocycles. The Balaban J connectivity index is 2.85. The Morgan fingerprint density at radius 3 is 2.70 bits per heavy atom. The molecule has 1 atom stereocenters. The molecular weight excluding hydrogens is 262 g/mol. The minimum atomic E-state index is -0.600. The largest absolute Gasteiger partial charge is 0.391 e. The topological polar surface area (TPSA) is 113 Å². The summed E-state index contributed by atoms with van der Waals surface area (Å²) in [6.07, 6.45) is 1.46. The number of hydrogen-bond donors (Lipinski definition) is 3. The molecule has 0 saturated carbocycles. The molecule has 0 saturated heterocycles. The number of aliphatic hydroxyl groups excluding tert-OH is 1. The summed E-state index contributed by atoms with van der Waals surface area (Å²) in [6, 6.07) is 0. The predicted molar refractivity (Wildman–Crippen MR) is 76.8 cm³/mol. The average Bonchev–Trinajstić information content (AvgIpc) is 2.42. The monoisotopic (exact) mass is 283 g/mol. The number of aromatic nitrogens is 2. The Kier molecular flexibility index (Phi) is 6.10. The molecule has 112 valence electrons. The van der Waals surface area contributed by atoms with E-state index in [1.807, 2.05) is 20.8 Å². The second kappa shape index (κ2) is 7.59. The number of hydrogen-bond acceptors (Lipinski definition) is 7. The third-order valence-electron chi connectivity index (χ3n) is 2.75. The molecule has 0 bridgehead atoms. The van der Waals surface area contributed by atoms with Crippen molar-refractivity contribution in [3.05, 3.63) is 16.3 Å². The van der Waals surface area contributed by atoms with Gasteiger partial charge in [0.05, 0.1) is 11.0 Å². The summed E-state index contributed by atoms with van der Waals surface area (Å²) in [5.41, 5.74) is -0.206. The zero-order valence-electron chi connectivity index (χ0n) is 12.0. The molecular formula is C12H21N5O3. The van der Waals surface area contributed by atoms with E-state index in [1.165, 1.54) is 0 Å². The Morgan fingerprint density at radius 2 is 2.15 bits per heavy atom. The van der Waals surface area contributed by atoms with E-state index in [0.717, 1.165) is 12.6 Å². The Labute approximate surface area is 117 Å². The van der Waals surface area contributed by atoms with Crippen LogP contribution in [0.1, 0.15) is 27.2 Å². The van der Waals surface area contributed by atoms with E-state index in [1.54, 1.807) is 0 Å².